The number of anilines is 1. The number of guanidine groups is 1. The second-order valence-corrected chi connectivity index (χ2v) is 6.74. The average Bonchev–Trinajstić information content (AvgIpc) is 2.98. The van der Waals surface area contributed by atoms with Crippen LogP contribution < -0.4 is 11.1 Å². The molecule has 0 aliphatic carbocycles. The third-order valence-corrected chi connectivity index (χ3v) is 4.17. The minimum absolute atomic E-state index is 0. The van der Waals surface area contributed by atoms with Gasteiger partial charge < -0.3 is 16.0 Å². The molecule has 1 aliphatic rings. The second kappa shape index (κ2) is 10.1. The molecule has 0 bridgehead atoms. The molecule has 0 spiro atoms. The zero-order valence-electron chi connectivity index (χ0n) is 14.6. The van der Waals surface area contributed by atoms with E-state index >= 15 is 0 Å². The quantitative estimate of drug-likeness (QED) is 0.409. The second-order valence-electron chi connectivity index (χ2n) is 6.74. The first-order chi connectivity index (χ1) is 10.5. The van der Waals surface area contributed by atoms with Gasteiger partial charge in [0.1, 0.15) is 0 Å². The normalized spacial score (nSPS) is 17.1. The molecule has 5 heteroatoms. The van der Waals surface area contributed by atoms with E-state index in [2.05, 4.69) is 54.2 Å². The van der Waals surface area contributed by atoms with Crippen molar-refractivity contribution in [1.29, 1.82) is 0 Å². The fourth-order valence-electron chi connectivity index (χ4n) is 2.88. The Hall–Kier alpha value is -0.820. The number of nitrogens with one attached hydrogen (secondary N) is 1. The fourth-order valence-corrected chi connectivity index (χ4v) is 2.88. The van der Waals surface area contributed by atoms with Crippen molar-refractivity contribution in [3.63, 3.8) is 0 Å². The van der Waals surface area contributed by atoms with Crippen molar-refractivity contribution in [2.75, 3.05) is 31.5 Å². The van der Waals surface area contributed by atoms with Gasteiger partial charge in [-0.25, -0.2) is 0 Å². The SMILES string of the molecule is CC(CN=C(N)Nc1cccc(C(C)C)c1)CN1CCCC1.I. The van der Waals surface area contributed by atoms with Crippen LogP contribution in [0.4, 0.5) is 5.69 Å². The molecule has 0 amide bonds. The van der Waals surface area contributed by atoms with Crippen LogP contribution in [0.25, 0.3) is 0 Å². The number of hydrogen-bond acceptors (Lipinski definition) is 2. The molecule has 23 heavy (non-hydrogen) atoms. The highest BCUT2D eigenvalue weighted by molar-refractivity contribution is 14.0. The van der Waals surface area contributed by atoms with Gasteiger partial charge in [-0.3, -0.25) is 4.99 Å². The number of benzene rings is 1. The number of likely N-dealkylation sites (tertiary alicyclic amines) is 1. The maximum Gasteiger partial charge on any atom is 0.193 e. The summed E-state index contributed by atoms with van der Waals surface area (Å²) in [5, 5.41) is 3.20. The molecule has 0 radical (unpaired) electrons. The molecule has 1 heterocycles. The first-order valence-corrected chi connectivity index (χ1v) is 8.44. The van der Waals surface area contributed by atoms with Crippen molar-refractivity contribution in [2.45, 2.75) is 39.5 Å². The van der Waals surface area contributed by atoms with Crippen LogP contribution in [-0.4, -0.2) is 37.0 Å². The van der Waals surface area contributed by atoms with Gasteiger partial charge in [-0.1, -0.05) is 32.9 Å². The zero-order valence-corrected chi connectivity index (χ0v) is 16.9. The number of nitrogens with two attached hydrogens (primary N) is 1. The van der Waals surface area contributed by atoms with Crippen LogP contribution in [0.1, 0.15) is 45.1 Å². The summed E-state index contributed by atoms with van der Waals surface area (Å²) in [6.45, 7) is 11.0. The lowest BCUT2D eigenvalue weighted by Crippen LogP contribution is -2.28. The minimum atomic E-state index is 0. The van der Waals surface area contributed by atoms with E-state index in [4.69, 9.17) is 5.73 Å². The molecule has 1 aromatic rings. The van der Waals surface area contributed by atoms with Crippen molar-refractivity contribution in [3.05, 3.63) is 29.8 Å². The molecule has 0 saturated carbocycles. The van der Waals surface area contributed by atoms with Gasteiger partial charge in [0.15, 0.2) is 5.96 Å². The largest absolute Gasteiger partial charge is 0.370 e. The molecule has 1 fully saturated rings. The first kappa shape index (κ1) is 20.2. The van der Waals surface area contributed by atoms with Gasteiger partial charge in [0.05, 0.1) is 0 Å². The average molecular weight is 430 g/mol. The van der Waals surface area contributed by atoms with Crippen LogP contribution >= 0.6 is 24.0 Å². The summed E-state index contributed by atoms with van der Waals surface area (Å²) >= 11 is 0. The molecule has 4 nitrogen and oxygen atoms in total. The molecule has 1 atom stereocenters. The van der Waals surface area contributed by atoms with E-state index < -0.39 is 0 Å². The van der Waals surface area contributed by atoms with Gasteiger partial charge in [-0.05, 0) is 55.5 Å². The maximum atomic E-state index is 6.01. The van der Waals surface area contributed by atoms with Gasteiger partial charge >= 0.3 is 0 Å². The molecule has 1 saturated heterocycles. The van der Waals surface area contributed by atoms with E-state index in [1.807, 2.05) is 6.07 Å². The van der Waals surface area contributed by atoms with Crippen molar-refractivity contribution >= 4 is 35.6 Å². The Morgan fingerprint density at radius 2 is 1.96 bits per heavy atom. The van der Waals surface area contributed by atoms with E-state index in [-0.39, 0.29) is 24.0 Å². The molecule has 130 valence electrons. The summed E-state index contributed by atoms with van der Waals surface area (Å²) in [7, 11) is 0. The Balaban J connectivity index is 0.00000264. The molecule has 1 aliphatic heterocycles. The molecule has 0 aromatic heterocycles. The highest BCUT2D eigenvalue weighted by Crippen LogP contribution is 2.18. The van der Waals surface area contributed by atoms with Crippen LogP contribution in [-0.2, 0) is 0 Å². The van der Waals surface area contributed by atoms with Gasteiger partial charge in [-0.15, -0.1) is 24.0 Å². The van der Waals surface area contributed by atoms with Crippen LogP contribution in [0.3, 0.4) is 0 Å². The lowest BCUT2D eigenvalue weighted by molar-refractivity contribution is 0.292. The van der Waals surface area contributed by atoms with E-state index in [1.165, 1.54) is 31.5 Å². The summed E-state index contributed by atoms with van der Waals surface area (Å²) < 4.78 is 0. The maximum absolute atomic E-state index is 6.01. The Morgan fingerprint density at radius 1 is 1.26 bits per heavy atom. The Morgan fingerprint density at radius 3 is 2.61 bits per heavy atom. The number of aliphatic imine (C=N–C) groups is 1. The van der Waals surface area contributed by atoms with Crippen molar-refractivity contribution in [2.24, 2.45) is 16.6 Å². The van der Waals surface area contributed by atoms with E-state index in [1.54, 1.807) is 0 Å². The molecule has 1 aromatic carbocycles. The number of nitrogens with zero attached hydrogens (tertiary/aromatic N) is 2. The summed E-state index contributed by atoms with van der Waals surface area (Å²) in [5.74, 6) is 1.56. The number of halogens is 1. The standard InChI is InChI=1S/C18H30N4.HI/c1-14(2)16-7-6-8-17(11-16)21-18(19)20-12-15(3)13-22-9-4-5-10-22;/h6-8,11,14-15H,4-5,9-10,12-13H2,1-3H3,(H3,19,20,21);1H. The number of hydrogen-bond donors (Lipinski definition) is 2. The predicted octanol–water partition coefficient (Wildman–Crippen LogP) is 3.89. The Bertz CT molecular complexity index is 496. The fraction of sp³-hybridized carbons (Fsp3) is 0.611. The number of rotatable bonds is 6. The summed E-state index contributed by atoms with van der Waals surface area (Å²) in [4.78, 5) is 7.02. The third-order valence-electron chi connectivity index (χ3n) is 4.17. The van der Waals surface area contributed by atoms with Crippen LogP contribution in [0.2, 0.25) is 0 Å². The van der Waals surface area contributed by atoms with E-state index in [0.29, 0.717) is 17.8 Å². The van der Waals surface area contributed by atoms with Gasteiger partial charge in [0, 0.05) is 18.8 Å². The van der Waals surface area contributed by atoms with Crippen LogP contribution in [0.15, 0.2) is 29.3 Å². The molecule has 1 unspecified atom stereocenters. The van der Waals surface area contributed by atoms with Crippen molar-refractivity contribution in [3.8, 4) is 0 Å². The van der Waals surface area contributed by atoms with Gasteiger partial charge in [0.2, 0.25) is 0 Å². The lowest BCUT2D eigenvalue weighted by Gasteiger charge is -2.19. The highest BCUT2D eigenvalue weighted by Gasteiger charge is 2.14. The smallest absolute Gasteiger partial charge is 0.193 e. The first-order valence-electron chi connectivity index (χ1n) is 8.44. The van der Waals surface area contributed by atoms with Gasteiger partial charge in [-0.2, -0.15) is 0 Å². The molecular weight excluding hydrogens is 399 g/mol. The predicted molar refractivity (Wildman–Crippen MR) is 111 cm³/mol. The molecule has 3 N–H and O–H groups in total. The van der Waals surface area contributed by atoms with Crippen molar-refractivity contribution in [1.82, 2.24) is 4.90 Å². The Kier molecular flexibility index (Phi) is 8.91. The van der Waals surface area contributed by atoms with Crippen molar-refractivity contribution < 1.29 is 0 Å². The Labute approximate surface area is 157 Å². The summed E-state index contributed by atoms with van der Waals surface area (Å²) in [6.07, 6.45) is 2.68. The topological polar surface area (TPSA) is 53.6 Å². The summed E-state index contributed by atoms with van der Waals surface area (Å²) in [6, 6.07) is 8.37. The highest BCUT2D eigenvalue weighted by atomic mass is 127. The monoisotopic (exact) mass is 430 g/mol. The molecule has 2 rings (SSSR count). The van der Waals surface area contributed by atoms with E-state index in [9.17, 15) is 0 Å². The lowest BCUT2D eigenvalue weighted by atomic mass is 10.0. The van der Waals surface area contributed by atoms with Crippen LogP contribution in [0.5, 0.6) is 0 Å². The summed E-state index contributed by atoms with van der Waals surface area (Å²) in [5.41, 5.74) is 8.33. The third kappa shape index (κ3) is 7.08. The van der Waals surface area contributed by atoms with E-state index in [0.717, 1.165) is 18.8 Å². The zero-order chi connectivity index (χ0) is 15.9. The van der Waals surface area contributed by atoms with Gasteiger partial charge in [0.25, 0.3) is 0 Å². The minimum Gasteiger partial charge on any atom is -0.370 e. The van der Waals surface area contributed by atoms with Crippen LogP contribution in [0, 0.1) is 5.92 Å². The molecular formula is C18H31IN4.